The van der Waals surface area contributed by atoms with Gasteiger partial charge in [-0.3, -0.25) is 4.79 Å². The van der Waals surface area contributed by atoms with Crippen molar-refractivity contribution in [2.45, 2.75) is 31.2 Å². The minimum atomic E-state index is -1.13. The molecule has 0 aromatic heterocycles. The second kappa shape index (κ2) is 6.50. The van der Waals surface area contributed by atoms with Crippen molar-refractivity contribution in [1.29, 1.82) is 0 Å². The molecule has 1 amide bonds. The summed E-state index contributed by atoms with van der Waals surface area (Å²) in [7, 11) is 0. The van der Waals surface area contributed by atoms with Crippen LogP contribution in [0.4, 0.5) is 0 Å². The van der Waals surface area contributed by atoms with Gasteiger partial charge in [0.05, 0.1) is 0 Å². The average molecular weight is 328 g/mol. The Kier molecular flexibility index (Phi) is 4.91. The maximum atomic E-state index is 11.9. The zero-order valence-electron chi connectivity index (χ0n) is 11.2. The molecule has 0 unspecified atom stereocenters. The standard InChI is InChI=1S/C15H15Cl2NO3/c16-11-5-3-10(12(17)9-11)4-6-13(19)18-15(14(20)21)7-1-2-8-15/h3-6,9H,1-2,7-8H2,(H,18,19)(H,20,21)/b6-4-. The number of halogens is 2. The number of aliphatic carboxylic acids is 1. The lowest BCUT2D eigenvalue weighted by molar-refractivity contribution is -0.146. The van der Waals surface area contributed by atoms with Gasteiger partial charge in [0.25, 0.3) is 0 Å². The molecule has 1 aromatic carbocycles. The zero-order valence-corrected chi connectivity index (χ0v) is 12.7. The maximum Gasteiger partial charge on any atom is 0.329 e. The predicted molar refractivity (Wildman–Crippen MR) is 82.5 cm³/mol. The molecule has 1 aromatic rings. The minimum Gasteiger partial charge on any atom is -0.480 e. The summed E-state index contributed by atoms with van der Waals surface area (Å²) in [5.74, 6) is -1.42. The van der Waals surface area contributed by atoms with Gasteiger partial charge in [-0.1, -0.05) is 42.1 Å². The summed E-state index contributed by atoms with van der Waals surface area (Å²) < 4.78 is 0. The van der Waals surface area contributed by atoms with Gasteiger partial charge in [0.15, 0.2) is 0 Å². The Balaban J connectivity index is 2.07. The number of amides is 1. The Labute approximate surface area is 132 Å². The van der Waals surface area contributed by atoms with Crippen LogP contribution in [0, 0.1) is 0 Å². The van der Waals surface area contributed by atoms with Crippen molar-refractivity contribution in [1.82, 2.24) is 5.32 Å². The Morgan fingerprint density at radius 2 is 1.90 bits per heavy atom. The van der Waals surface area contributed by atoms with Crippen LogP contribution in [0.3, 0.4) is 0 Å². The molecule has 0 spiro atoms. The van der Waals surface area contributed by atoms with Gasteiger partial charge in [-0.05, 0) is 36.6 Å². The third kappa shape index (κ3) is 3.77. The molecule has 6 heteroatoms. The lowest BCUT2D eigenvalue weighted by Gasteiger charge is -2.24. The highest BCUT2D eigenvalue weighted by Gasteiger charge is 2.42. The van der Waals surface area contributed by atoms with Crippen LogP contribution in [0.2, 0.25) is 10.0 Å². The van der Waals surface area contributed by atoms with Gasteiger partial charge in [-0.25, -0.2) is 4.79 Å². The van der Waals surface area contributed by atoms with E-state index in [9.17, 15) is 14.7 Å². The molecule has 112 valence electrons. The van der Waals surface area contributed by atoms with E-state index < -0.39 is 17.4 Å². The smallest absolute Gasteiger partial charge is 0.329 e. The van der Waals surface area contributed by atoms with Gasteiger partial charge < -0.3 is 10.4 Å². The summed E-state index contributed by atoms with van der Waals surface area (Å²) in [5.41, 5.74) is -0.488. The molecule has 0 bridgehead atoms. The van der Waals surface area contributed by atoms with Crippen molar-refractivity contribution in [3.63, 3.8) is 0 Å². The molecule has 21 heavy (non-hydrogen) atoms. The summed E-state index contributed by atoms with van der Waals surface area (Å²) in [6.07, 6.45) is 5.36. The highest BCUT2D eigenvalue weighted by molar-refractivity contribution is 6.35. The van der Waals surface area contributed by atoms with E-state index >= 15 is 0 Å². The van der Waals surface area contributed by atoms with E-state index in [1.165, 1.54) is 6.08 Å². The SMILES string of the molecule is O=C(/C=C\c1ccc(Cl)cc1Cl)NC1(C(=O)O)CCCC1. The second-order valence-electron chi connectivity index (χ2n) is 5.08. The predicted octanol–water partition coefficient (Wildman–Crippen LogP) is 3.52. The molecule has 0 saturated heterocycles. The topological polar surface area (TPSA) is 66.4 Å². The first-order valence-corrected chi connectivity index (χ1v) is 7.37. The lowest BCUT2D eigenvalue weighted by Crippen LogP contribution is -2.52. The van der Waals surface area contributed by atoms with Crippen molar-refractivity contribution in [2.75, 3.05) is 0 Å². The van der Waals surface area contributed by atoms with Gasteiger partial charge in [0.2, 0.25) is 5.91 Å². The Hall–Kier alpha value is -1.52. The van der Waals surface area contributed by atoms with E-state index in [1.807, 2.05) is 0 Å². The molecule has 0 atom stereocenters. The summed E-state index contributed by atoms with van der Waals surface area (Å²) >= 11 is 11.8. The van der Waals surface area contributed by atoms with Gasteiger partial charge >= 0.3 is 5.97 Å². The summed E-state index contributed by atoms with van der Waals surface area (Å²) in [5, 5.41) is 12.8. The van der Waals surface area contributed by atoms with E-state index in [-0.39, 0.29) is 0 Å². The highest BCUT2D eigenvalue weighted by atomic mass is 35.5. The molecule has 1 fully saturated rings. The molecule has 0 aliphatic heterocycles. The second-order valence-corrected chi connectivity index (χ2v) is 5.93. The van der Waals surface area contributed by atoms with Crippen LogP contribution < -0.4 is 5.32 Å². The third-order valence-electron chi connectivity index (χ3n) is 3.61. The summed E-state index contributed by atoms with van der Waals surface area (Å²) in [6.45, 7) is 0. The van der Waals surface area contributed by atoms with Gasteiger partial charge in [0.1, 0.15) is 5.54 Å². The van der Waals surface area contributed by atoms with E-state index in [2.05, 4.69) is 5.32 Å². The van der Waals surface area contributed by atoms with Gasteiger partial charge in [0, 0.05) is 16.1 Å². The van der Waals surface area contributed by atoms with E-state index in [1.54, 1.807) is 24.3 Å². The van der Waals surface area contributed by atoms with Crippen molar-refractivity contribution in [3.05, 3.63) is 39.9 Å². The first-order valence-electron chi connectivity index (χ1n) is 6.62. The number of carboxylic acids is 1. The normalized spacial score (nSPS) is 17.0. The fraction of sp³-hybridized carbons (Fsp3) is 0.333. The molecular formula is C15H15Cl2NO3. The molecule has 1 aliphatic rings. The summed E-state index contributed by atoms with van der Waals surface area (Å²) in [4.78, 5) is 23.3. The van der Waals surface area contributed by atoms with Crippen LogP contribution in [0.15, 0.2) is 24.3 Å². The minimum absolute atomic E-state index is 0.431. The van der Waals surface area contributed by atoms with Crippen molar-refractivity contribution >= 4 is 41.2 Å². The van der Waals surface area contributed by atoms with E-state index in [4.69, 9.17) is 23.2 Å². The highest BCUT2D eigenvalue weighted by Crippen LogP contribution is 2.30. The molecular weight excluding hydrogens is 313 g/mol. The number of carboxylic acid groups (broad SMARTS) is 1. The monoisotopic (exact) mass is 327 g/mol. The number of nitrogens with one attached hydrogen (secondary N) is 1. The number of hydrogen-bond acceptors (Lipinski definition) is 2. The third-order valence-corrected chi connectivity index (χ3v) is 4.17. The Morgan fingerprint density at radius 1 is 1.24 bits per heavy atom. The Bertz CT molecular complexity index is 593. The fourth-order valence-corrected chi connectivity index (χ4v) is 2.92. The van der Waals surface area contributed by atoms with E-state index in [0.29, 0.717) is 28.5 Å². The quantitative estimate of drug-likeness (QED) is 0.831. The number of carbonyl (C=O) groups is 2. The van der Waals surface area contributed by atoms with Crippen LogP contribution in [-0.4, -0.2) is 22.5 Å². The van der Waals surface area contributed by atoms with Crippen molar-refractivity contribution < 1.29 is 14.7 Å². The zero-order chi connectivity index (χ0) is 15.5. The average Bonchev–Trinajstić information content (AvgIpc) is 2.87. The number of rotatable bonds is 4. The number of benzene rings is 1. The molecule has 0 heterocycles. The molecule has 1 aliphatic carbocycles. The first-order chi connectivity index (χ1) is 9.93. The van der Waals surface area contributed by atoms with Crippen LogP contribution in [0.1, 0.15) is 31.2 Å². The molecule has 2 N–H and O–H groups in total. The van der Waals surface area contributed by atoms with Crippen LogP contribution in [0.5, 0.6) is 0 Å². The maximum absolute atomic E-state index is 11.9. The molecule has 4 nitrogen and oxygen atoms in total. The first kappa shape index (κ1) is 15.9. The van der Waals surface area contributed by atoms with Gasteiger partial charge in [-0.15, -0.1) is 0 Å². The molecule has 2 rings (SSSR count). The fourth-order valence-electron chi connectivity index (χ4n) is 2.45. The van der Waals surface area contributed by atoms with Crippen molar-refractivity contribution in [3.8, 4) is 0 Å². The molecule has 0 radical (unpaired) electrons. The number of hydrogen-bond donors (Lipinski definition) is 2. The summed E-state index contributed by atoms with van der Waals surface area (Å²) in [6, 6.07) is 4.94. The van der Waals surface area contributed by atoms with Crippen LogP contribution in [-0.2, 0) is 9.59 Å². The van der Waals surface area contributed by atoms with Crippen molar-refractivity contribution in [2.24, 2.45) is 0 Å². The largest absolute Gasteiger partial charge is 0.480 e. The van der Waals surface area contributed by atoms with Gasteiger partial charge in [-0.2, -0.15) is 0 Å². The van der Waals surface area contributed by atoms with Crippen LogP contribution >= 0.6 is 23.2 Å². The van der Waals surface area contributed by atoms with Crippen LogP contribution in [0.25, 0.3) is 6.08 Å². The lowest BCUT2D eigenvalue weighted by atomic mass is 9.98. The number of carbonyl (C=O) groups excluding carboxylic acids is 1. The molecule has 1 saturated carbocycles. The Morgan fingerprint density at radius 3 is 2.48 bits per heavy atom. The van der Waals surface area contributed by atoms with E-state index in [0.717, 1.165) is 12.8 Å².